The lowest BCUT2D eigenvalue weighted by Crippen LogP contribution is -2.42. The monoisotopic (exact) mass is 159 g/mol. The lowest BCUT2D eigenvalue weighted by Gasteiger charge is -2.22. The van der Waals surface area contributed by atoms with Crippen molar-refractivity contribution in [3.8, 4) is 0 Å². The smallest absolute Gasteiger partial charge is 0.236 e. The molecule has 1 unspecified atom stereocenters. The summed E-state index contributed by atoms with van der Waals surface area (Å²) < 4.78 is 5.27. The number of hydrogen-bond acceptors (Lipinski definition) is 4. The highest BCUT2D eigenvalue weighted by molar-refractivity contribution is 5.75. The molecule has 5 nitrogen and oxygen atoms in total. The lowest BCUT2D eigenvalue weighted by atomic mass is 10.2. The van der Waals surface area contributed by atoms with Gasteiger partial charge in [-0.05, 0) is 0 Å². The highest BCUT2D eigenvalue weighted by Crippen LogP contribution is 1.99. The fraction of sp³-hybridized carbons (Fsp3) is 0.833. The highest BCUT2D eigenvalue weighted by Gasteiger charge is 2.16. The molecule has 1 aliphatic rings. The molecule has 1 heterocycles. The summed E-state index contributed by atoms with van der Waals surface area (Å²) in [6.07, 6.45) is 0.316. The van der Waals surface area contributed by atoms with E-state index in [1.165, 1.54) is 0 Å². The van der Waals surface area contributed by atoms with E-state index in [9.17, 15) is 4.79 Å². The summed E-state index contributed by atoms with van der Waals surface area (Å²) in [4.78, 5) is 10.7. The van der Waals surface area contributed by atoms with Gasteiger partial charge in [-0.15, -0.1) is 0 Å². The molecule has 0 bridgehead atoms. The molecule has 0 aromatic carbocycles. The Morgan fingerprint density at radius 1 is 1.82 bits per heavy atom. The van der Waals surface area contributed by atoms with Gasteiger partial charge in [0.2, 0.25) is 5.91 Å². The molecule has 1 fully saturated rings. The lowest BCUT2D eigenvalue weighted by molar-refractivity contribution is -0.124. The van der Waals surface area contributed by atoms with Gasteiger partial charge in [-0.1, -0.05) is 0 Å². The number of nitrogens with one attached hydrogen (secondary N) is 2. The van der Waals surface area contributed by atoms with E-state index < -0.39 is 0 Å². The number of ether oxygens (including phenoxy) is 1. The van der Waals surface area contributed by atoms with Gasteiger partial charge in [0, 0.05) is 13.1 Å². The molecule has 1 saturated heterocycles. The molecular weight excluding hydrogens is 146 g/mol. The molecule has 0 radical (unpaired) electrons. The van der Waals surface area contributed by atoms with Gasteiger partial charge in [-0.3, -0.25) is 10.2 Å². The fourth-order valence-electron chi connectivity index (χ4n) is 1.02. The van der Waals surface area contributed by atoms with Crippen molar-refractivity contribution >= 4 is 5.91 Å². The maximum atomic E-state index is 10.7. The Hall–Kier alpha value is -0.650. The van der Waals surface area contributed by atoms with E-state index in [-0.39, 0.29) is 12.0 Å². The fourth-order valence-corrected chi connectivity index (χ4v) is 1.02. The summed E-state index contributed by atoms with van der Waals surface area (Å²) in [5, 5.41) is 3.12. The second kappa shape index (κ2) is 4.27. The van der Waals surface area contributed by atoms with Gasteiger partial charge in [0.1, 0.15) is 0 Å². The van der Waals surface area contributed by atoms with Crippen molar-refractivity contribution in [2.75, 3.05) is 19.7 Å². The Morgan fingerprint density at radius 2 is 2.64 bits per heavy atom. The molecule has 0 saturated carbocycles. The van der Waals surface area contributed by atoms with Crippen LogP contribution in [0.3, 0.4) is 0 Å². The zero-order valence-corrected chi connectivity index (χ0v) is 6.30. The molecular formula is C6H13N3O2. The first-order valence-corrected chi connectivity index (χ1v) is 3.64. The predicted octanol–water partition coefficient (Wildman–Crippen LogP) is -1.65. The minimum atomic E-state index is -0.182. The summed E-state index contributed by atoms with van der Waals surface area (Å²) in [6, 6.07) is 0. The summed E-state index contributed by atoms with van der Waals surface area (Å²) in [7, 11) is 0. The topological polar surface area (TPSA) is 76.4 Å². The van der Waals surface area contributed by atoms with E-state index >= 15 is 0 Å². The Labute approximate surface area is 65.2 Å². The molecule has 11 heavy (non-hydrogen) atoms. The predicted molar refractivity (Wildman–Crippen MR) is 39.6 cm³/mol. The van der Waals surface area contributed by atoms with E-state index in [1.54, 1.807) is 0 Å². The number of amides is 1. The van der Waals surface area contributed by atoms with E-state index in [2.05, 4.69) is 10.7 Å². The summed E-state index contributed by atoms with van der Waals surface area (Å²) in [5.41, 5.74) is 2.07. The van der Waals surface area contributed by atoms with Crippen LogP contribution >= 0.6 is 0 Å². The van der Waals surface area contributed by atoms with Gasteiger partial charge in [-0.25, -0.2) is 5.84 Å². The number of rotatable bonds is 2. The molecule has 64 valence electrons. The summed E-state index contributed by atoms with van der Waals surface area (Å²) >= 11 is 0. The molecule has 0 spiro atoms. The van der Waals surface area contributed by atoms with Crippen molar-refractivity contribution in [1.29, 1.82) is 0 Å². The standard InChI is InChI=1S/C6H13N3O2/c7-9-6(10)3-5-4-8-1-2-11-5/h5,8H,1-4,7H2,(H,9,10). The van der Waals surface area contributed by atoms with Gasteiger partial charge >= 0.3 is 0 Å². The van der Waals surface area contributed by atoms with Crippen LogP contribution in [-0.2, 0) is 9.53 Å². The number of nitrogens with two attached hydrogens (primary N) is 1. The number of hydrazine groups is 1. The zero-order chi connectivity index (χ0) is 8.10. The van der Waals surface area contributed by atoms with Crippen molar-refractivity contribution < 1.29 is 9.53 Å². The number of carbonyl (C=O) groups excluding carboxylic acids is 1. The minimum absolute atomic E-state index is 0.0210. The number of morpholine rings is 1. The third-order valence-electron chi connectivity index (χ3n) is 1.58. The molecule has 4 N–H and O–H groups in total. The van der Waals surface area contributed by atoms with Crippen LogP contribution in [0.4, 0.5) is 0 Å². The van der Waals surface area contributed by atoms with E-state index in [1.807, 2.05) is 0 Å². The Morgan fingerprint density at radius 3 is 3.18 bits per heavy atom. The van der Waals surface area contributed by atoms with Crippen LogP contribution in [-0.4, -0.2) is 31.7 Å². The summed E-state index contributed by atoms with van der Waals surface area (Å²) in [6.45, 7) is 2.26. The van der Waals surface area contributed by atoms with Crippen LogP contribution in [0.1, 0.15) is 6.42 Å². The molecule has 1 atom stereocenters. The average molecular weight is 159 g/mol. The third kappa shape index (κ3) is 2.83. The van der Waals surface area contributed by atoms with Gasteiger partial charge in [0.05, 0.1) is 19.1 Å². The molecule has 0 aromatic heterocycles. The van der Waals surface area contributed by atoms with Crippen molar-refractivity contribution in [2.45, 2.75) is 12.5 Å². The number of carbonyl (C=O) groups is 1. The van der Waals surface area contributed by atoms with Crippen LogP contribution in [0.15, 0.2) is 0 Å². The number of hydrogen-bond donors (Lipinski definition) is 3. The van der Waals surface area contributed by atoms with E-state index in [0.29, 0.717) is 13.0 Å². The van der Waals surface area contributed by atoms with Crippen LogP contribution in [0.2, 0.25) is 0 Å². The van der Waals surface area contributed by atoms with Crippen molar-refractivity contribution in [3.05, 3.63) is 0 Å². The Balaban J connectivity index is 2.19. The second-order valence-electron chi connectivity index (χ2n) is 2.47. The quantitative estimate of drug-likeness (QED) is 0.256. The second-order valence-corrected chi connectivity index (χ2v) is 2.47. The van der Waals surface area contributed by atoms with Gasteiger partial charge in [0.25, 0.3) is 0 Å². The molecule has 5 heteroatoms. The molecule has 0 aliphatic carbocycles. The van der Waals surface area contributed by atoms with E-state index in [0.717, 1.165) is 13.1 Å². The molecule has 1 amide bonds. The first-order chi connectivity index (χ1) is 5.33. The van der Waals surface area contributed by atoms with Crippen LogP contribution < -0.4 is 16.6 Å². The SMILES string of the molecule is NNC(=O)CC1CNCCO1. The first kappa shape index (κ1) is 8.45. The van der Waals surface area contributed by atoms with Crippen molar-refractivity contribution in [3.63, 3.8) is 0 Å². The molecule has 1 rings (SSSR count). The van der Waals surface area contributed by atoms with E-state index in [4.69, 9.17) is 10.6 Å². The maximum Gasteiger partial charge on any atom is 0.236 e. The Kier molecular flexibility index (Phi) is 3.28. The first-order valence-electron chi connectivity index (χ1n) is 3.64. The third-order valence-corrected chi connectivity index (χ3v) is 1.58. The van der Waals surface area contributed by atoms with Crippen molar-refractivity contribution in [2.24, 2.45) is 5.84 Å². The Bertz CT molecular complexity index is 134. The van der Waals surface area contributed by atoms with Crippen LogP contribution in [0, 0.1) is 0 Å². The highest BCUT2D eigenvalue weighted by atomic mass is 16.5. The summed E-state index contributed by atoms with van der Waals surface area (Å²) in [5.74, 6) is 4.73. The van der Waals surface area contributed by atoms with Crippen LogP contribution in [0.25, 0.3) is 0 Å². The molecule has 1 aliphatic heterocycles. The average Bonchev–Trinajstić information content (AvgIpc) is 2.06. The van der Waals surface area contributed by atoms with Gasteiger partial charge in [-0.2, -0.15) is 0 Å². The van der Waals surface area contributed by atoms with Crippen LogP contribution in [0.5, 0.6) is 0 Å². The van der Waals surface area contributed by atoms with Gasteiger partial charge < -0.3 is 10.1 Å². The molecule has 0 aromatic rings. The normalized spacial score (nSPS) is 24.6. The maximum absolute atomic E-state index is 10.7. The zero-order valence-electron chi connectivity index (χ0n) is 6.30. The largest absolute Gasteiger partial charge is 0.375 e. The minimum Gasteiger partial charge on any atom is -0.375 e. The van der Waals surface area contributed by atoms with Crippen molar-refractivity contribution in [1.82, 2.24) is 10.7 Å². The van der Waals surface area contributed by atoms with Gasteiger partial charge in [0.15, 0.2) is 0 Å².